The number of hydrogen-bond acceptors (Lipinski definition) is 8. The lowest BCUT2D eigenvalue weighted by atomic mass is 9.73. The van der Waals surface area contributed by atoms with Gasteiger partial charge in [-0.15, -0.1) is 0 Å². The number of likely N-dealkylation sites (tertiary alicyclic amines) is 1. The highest BCUT2D eigenvalue weighted by molar-refractivity contribution is 6.35. The van der Waals surface area contributed by atoms with Crippen molar-refractivity contribution >= 4 is 46.9 Å². The van der Waals surface area contributed by atoms with Crippen LogP contribution in [0.15, 0.2) is 79.1 Å². The number of para-hydroxylation sites is 1. The minimum atomic E-state index is -1.82. The summed E-state index contributed by atoms with van der Waals surface area (Å²) in [7, 11) is 2.95. The average Bonchev–Trinajstić information content (AvgIpc) is 3.66. The van der Waals surface area contributed by atoms with E-state index in [0.717, 1.165) is 38.3 Å². The summed E-state index contributed by atoms with van der Waals surface area (Å²) in [4.78, 5) is 47.3. The molecule has 0 unspecified atom stereocenters. The lowest BCUT2D eigenvalue weighted by Gasteiger charge is -2.44. The molecule has 0 radical (unpaired) electrons. The van der Waals surface area contributed by atoms with Gasteiger partial charge in [0.2, 0.25) is 0 Å². The molecule has 8 rings (SSSR count). The number of anilines is 1. The van der Waals surface area contributed by atoms with Crippen LogP contribution in [0.3, 0.4) is 0 Å². The number of nitrogens with zero attached hydrogens (tertiary/aromatic N) is 4. The van der Waals surface area contributed by atoms with Crippen molar-refractivity contribution in [3.63, 3.8) is 0 Å². The fourth-order valence-electron chi connectivity index (χ4n) is 8.72. The zero-order chi connectivity index (χ0) is 40.4. The number of carboxylic acids is 1. The van der Waals surface area contributed by atoms with Crippen molar-refractivity contribution in [1.29, 1.82) is 0 Å². The van der Waals surface area contributed by atoms with Crippen LogP contribution < -0.4 is 19.1 Å². The Hall–Kier alpha value is -5.11. The highest BCUT2D eigenvalue weighted by Gasteiger charge is 2.56. The number of fused-ring (bicyclic) bond motifs is 3. The molecule has 1 N–H and O–H groups in total. The number of aromatic nitrogens is 1. The van der Waals surface area contributed by atoms with Gasteiger partial charge >= 0.3 is 12.1 Å². The van der Waals surface area contributed by atoms with Crippen LogP contribution >= 0.6 is 23.2 Å². The van der Waals surface area contributed by atoms with E-state index in [2.05, 4.69) is 4.90 Å². The first-order valence-corrected chi connectivity index (χ1v) is 19.6. The number of amides is 2. The molecule has 2 bridgehead atoms. The maximum Gasteiger partial charge on any atom is 0.415 e. The van der Waals surface area contributed by atoms with Gasteiger partial charge in [0.05, 0.1) is 26.5 Å². The molecule has 4 aliphatic heterocycles. The number of halogens is 3. The van der Waals surface area contributed by atoms with E-state index in [1.165, 1.54) is 42.2 Å². The summed E-state index contributed by atoms with van der Waals surface area (Å²) >= 11 is 13.1. The third-order valence-electron chi connectivity index (χ3n) is 11.6. The van der Waals surface area contributed by atoms with Crippen LogP contribution in [0.2, 0.25) is 10.0 Å². The van der Waals surface area contributed by atoms with Crippen molar-refractivity contribution in [2.45, 2.75) is 56.2 Å². The number of pyridine rings is 1. The Morgan fingerprint density at radius 1 is 0.982 bits per heavy atom. The van der Waals surface area contributed by atoms with Gasteiger partial charge in [0.1, 0.15) is 27.5 Å². The minimum absolute atomic E-state index is 0.0310. The molecule has 0 saturated carbocycles. The normalized spacial score (nSPS) is 21.8. The maximum atomic E-state index is 15.3. The van der Waals surface area contributed by atoms with Crippen molar-refractivity contribution in [3.8, 4) is 11.5 Å². The molecule has 300 valence electrons. The number of rotatable bonds is 12. The Balaban J connectivity index is 1.24. The first-order valence-electron chi connectivity index (χ1n) is 18.8. The summed E-state index contributed by atoms with van der Waals surface area (Å²) in [6, 6.07) is 17.5. The number of benzene rings is 3. The molecular weight excluding hydrogens is 778 g/mol. The lowest BCUT2D eigenvalue weighted by molar-refractivity contribution is -0.605. The summed E-state index contributed by atoms with van der Waals surface area (Å²) in [6.07, 6.45) is 3.52. The molecule has 3 aromatic carbocycles. The zero-order valence-corrected chi connectivity index (χ0v) is 33.0. The van der Waals surface area contributed by atoms with E-state index < -0.39 is 35.2 Å². The van der Waals surface area contributed by atoms with E-state index in [9.17, 15) is 24.7 Å². The third kappa shape index (κ3) is 7.93. The van der Waals surface area contributed by atoms with E-state index >= 15 is 4.39 Å². The molecule has 57 heavy (non-hydrogen) atoms. The summed E-state index contributed by atoms with van der Waals surface area (Å²) in [5.74, 6) is -2.36. The van der Waals surface area contributed by atoms with Gasteiger partial charge in [-0.1, -0.05) is 53.5 Å². The zero-order valence-electron chi connectivity index (χ0n) is 31.5. The molecule has 0 aliphatic carbocycles. The fraction of sp³-hybridized carbons (Fsp3) is 0.381. The SMILES string of the molecule is COc1ccc([C@H](Cc2c(Cl)c[n+]([O-])cc2Cl)[C@]2(C(=O)O)CCCN2C(=O)c2cccc(CN(C(=O)O[C@H]3CN4CCC3CC4)c3ccccc3F)c2)cc1OC. The Labute approximate surface area is 339 Å². The van der Waals surface area contributed by atoms with Crippen LogP contribution in [-0.4, -0.2) is 84.9 Å². The summed E-state index contributed by atoms with van der Waals surface area (Å²) in [6.45, 7) is 2.54. The van der Waals surface area contributed by atoms with Gasteiger partial charge in [0.15, 0.2) is 23.9 Å². The molecule has 12 nitrogen and oxygen atoms in total. The molecule has 3 atom stereocenters. The van der Waals surface area contributed by atoms with E-state index in [0.29, 0.717) is 45.9 Å². The van der Waals surface area contributed by atoms with E-state index in [-0.39, 0.29) is 59.2 Å². The number of hydrogen-bond donors (Lipinski definition) is 1. The van der Waals surface area contributed by atoms with Crippen LogP contribution in [0.4, 0.5) is 14.9 Å². The molecule has 1 aromatic heterocycles. The van der Waals surface area contributed by atoms with Crippen molar-refractivity contribution < 1.29 is 42.8 Å². The molecular formula is C42H43Cl2FN4O8. The third-order valence-corrected chi connectivity index (χ3v) is 12.3. The van der Waals surface area contributed by atoms with Gasteiger partial charge in [-0.05, 0) is 98.6 Å². The summed E-state index contributed by atoms with van der Waals surface area (Å²) in [5.41, 5.74) is -0.264. The van der Waals surface area contributed by atoms with Crippen molar-refractivity contribution in [1.82, 2.24) is 9.80 Å². The number of methoxy groups -OCH3 is 2. The van der Waals surface area contributed by atoms with Crippen LogP contribution in [0.5, 0.6) is 11.5 Å². The predicted octanol–water partition coefficient (Wildman–Crippen LogP) is 7.11. The van der Waals surface area contributed by atoms with Crippen molar-refractivity contribution in [3.05, 3.63) is 122 Å². The smallest absolute Gasteiger partial charge is 0.415 e. The number of aliphatic carboxylic acids is 1. The Bertz CT molecular complexity index is 2150. The first-order chi connectivity index (χ1) is 27.4. The first kappa shape index (κ1) is 40.1. The molecule has 4 aromatic rings. The van der Waals surface area contributed by atoms with Crippen LogP contribution in [0.25, 0.3) is 0 Å². The number of piperidine rings is 3. The fourth-order valence-corrected chi connectivity index (χ4v) is 9.32. The standard InChI is InChI=1S/C42H43Cl2FN4O8/c1-55-36-12-11-28(20-37(36)56-2)31(21-30-32(43)23-47(54)24-33(30)44)42(40(51)52)15-6-16-49(42)39(50)29-8-5-7-26(19-29)22-48(35-10-4-3-9-34(35)45)41(53)57-38-25-46-17-13-27(38)14-18-46/h3-5,7-12,19-20,23-24,27,31,38H,6,13-18,21-22,25H2,1-2H3,(H,51,52)/t31-,38-,42-/m0/s1. The Morgan fingerprint density at radius 2 is 1.70 bits per heavy atom. The lowest BCUT2D eigenvalue weighted by Crippen LogP contribution is -2.57. The van der Waals surface area contributed by atoms with Crippen LogP contribution in [0, 0.1) is 16.9 Å². The monoisotopic (exact) mass is 820 g/mol. The number of carboxylic acid groups (broad SMARTS) is 1. The second kappa shape index (κ2) is 16.8. The van der Waals surface area contributed by atoms with Gasteiger partial charge in [0.25, 0.3) is 5.91 Å². The van der Waals surface area contributed by atoms with Gasteiger partial charge < -0.3 is 29.4 Å². The van der Waals surface area contributed by atoms with E-state index in [1.54, 1.807) is 48.5 Å². The molecule has 2 amide bonds. The van der Waals surface area contributed by atoms with Gasteiger partial charge in [-0.3, -0.25) is 14.6 Å². The minimum Gasteiger partial charge on any atom is -0.619 e. The molecule has 5 heterocycles. The number of carbonyl (C=O) groups excluding carboxylic acids is 2. The number of ether oxygens (including phenoxy) is 3. The van der Waals surface area contributed by atoms with E-state index in [1.807, 2.05) is 0 Å². The van der Waals surface area contributed by atoms with Crippen molar-refractivity contribution in [2.24, 2.45) is 5.92 Å². The second-order valence-electron chi connectivity index (χ2n) is 14.8. The molecule has 15 heteroatoms. The molecule has 4 fully saturated rings. The van der Waals surface area contributed by atoms with Crippen molar-refractivity contribution in [2.75, 3.05) is 45.3 Å². The Kier molecular flexibility index (Phi) is 11.8. The molecule has 4 aliphatic rings. The summed E-state index contributed by atoms with van der Waals surface area (Å²) < 4.78 is 32.9. The van der Waals surface area contributed by atoms with E-state index in [4.69, 9.17) is 37.4 Å². The maximum absolute atomic E-state index is 15.3. The molecule has 0 spiro atoms. The van der Waals surface area contributed by atoms with Crippen LogP contribution in [0.1, 0.15) is 58.6 Å². The quantitative estimate of drug-likeness (QED) is 0.117. The highest BCUT2D eigenvalue weighted by atomic mass is 35.5. The second-order valence-corrected chi connectivity index (χ2v) is 15.6. The van der Waals surface area contributed by atoms with Gasteiger partial charge in [-0.2, -0.15) is 4.73 Å². The Morgan fingerprint density at radius 3 is 2.35 bits per heavy atom. The van der Waals surface area contributed by atoms with Crippen LogP contribution in [-0.2, 0) is 22.5 Å². The van der Waals surface area contributed by atoms with Gasteiger partial charge in [-0.25, -0.2) is 14.0 Å². The topological polar surface area (TPSA) is 136 Å². The highest BCUT2D eigenvalue weighted by Crippen LogP contribution is 2.47. The molecule has 4 saturated heterocycles. The number of carbonyl (C=O) groups is 3. The average molecular weight is 822 g/mol. The largest absolute Gasteiger partial charge is 0.619 e. The predicted molar refractivity (Wildman–Crippen MR) is 211 cm³/mol. The van der Waals surface area contributed by atoms with Gasteiger partial charge in [0, 0.05) is 30.1 Å². The summed E-state index contributed by atoms with van der Waals surface area (Å²) in [5, 5.41) is 23.5.